The lowest BCUT2D eigenvalue weighted by Crippen LogP contribution is -2.37. The molecule has 0 aliphatic carbocycles. The van der Waals surface area contributed by atoms with Gasteiger partial charge in [-0.15, -0.1) is 0 Å². The second kappa shape index (κ2) is 6.16. The molecule has 4 nitrogen and oxygen atoms in total. The third kappa shape index (κ3) is 2.97. The van der Waals surface area contributed by atoms with E-state index < -0.39 is 0 Å². The Morgan fingerprint density at radius 1 is 1.38 bits per heavy atom. The Labute approximate surface area is 126 Å². The first kappa shape index (κ1) is 14.5. The van der Waals surface area contributed by atoms with E-state index in [-0.39, 0.29) is 12.1 Å². The zero-order valence-electron chi connectivity index (χ0n) is 13.0. The fourth-order valence-electron chi connectivity index (χ4n) is 3.25. The molecule has 2 N–H and O–H groups in total. The fraction of sp³-hybridized carbons (Fsp3) is 0.588. The van der Waals surface area contributed by atoms with Crippen molar-refractivity contribution in [2.75, 3.05) is 0 Å². The van der Waals surface area contributed by atoms with Gasteiger partial charge in [0.2, 0.25) is 0 Å². The summed E-state index contributed by atoms with van der Waals surface area (Å²) in [6, 6.07) is 8.35. The molecular formula is C17H25N3O. The van der Waals surface area contributed by atoms with Crippen LogP contribution in [0.4, 0.5) is 0 Å². The SMILES string of the molecule is CCCn1c(CC(N)C2CCC(C)O2)nc2ccccc21. The van der Waals surface area contributed by atoms with Crippen LogP contribution >= 0.6 is 0 Å². The van der Waals surface area contributed by atoms with Crippen molar-refractivity contribution in [3.8, 4) is 0 Å². The number of aromatic nitrogens is 2. The number of rotatable bonds is 5. The number of ether oxygens (including phenoxy) is 1. The van der Waals surface area contributed by atoms with E-state index in [9.17, 15) is 0 Å². The van der Waals surface area contributed by atoms with Gasteiger partial charge in [-0.05, 0) is 38.3 Å². The summed E-state index contributed by atoms with van der Waals surface area (Å²) in [5.41, 5.74) is 8.66. The number of aryl methyl sites for hydroxylation is 1. The van der Waals surface area contributed by atoms with E-state index in [2.05, 4.69) is 36.6 Å². The quantitative estimate of drug-likeness (QED) is 0.920. The summed E-state index contributed by atoms with van der Waals surface area (Å²) >= 11 is 0. The molecule has 1 saturated heterocycles. The molecule has 21 heavy (non-hydrogen) atoms. The van der Waals surface area contributed by atoms with Gasteiger partial charge in [-0.3, -0.25) is 0 Å². The molecule has 2 heterocycles. The van der Waals surface area contributed by atoms with E-state index in [0.717, 1.165) is 43.6 Å². The van der Waals surface area contributed by atoms with E-state index in [1.807, 2.05) is 6.07 Å². The van der Waals surface area contributed by atoms with Gasteiger partial charge in [-0.1, -0.05) is 19.1 Å². The van der Waals surface area contributed by atoms with Crippen LogP contribution in [0.5, 0.6) is 0 Å². The number of nitrogens with zero attached hydrogens (tertiary/aromatic N) is 2. The highest BCUT2D eigenvalue weighted by atomic mass is 16.5. The van der Waals surface area contributed by atoms with Gasteiger partial charge in [-0.2, -0.15) is 0 Å². The van der Waals surface area contributed by atoms with Crippen LogP contribution in [0.25, 0.3) is 11.0 Å². The predicted molar refractivity (Wildman–Crippen MR) is 85.3 cm³/mol. The monoisotopic (exact) mass is 287 g/mol. The molecule has 1 aliphatic heterocycles. The first-order chi connectivity index (χ1) is 10.2. The number of imidazole rings is 1. The normalized spacial score (nSPS) is 23.8. The van der Waals surface area contributed by atoms with Gasteiger partial charge in [0.05, 0.1) is 23.2 Å². The molecule has 0 radical (unpaired) electrons. The molecule has 3 atom stereocenters. The Morgan fingerprint density at radius 3 is 2.90 bits per heavy atom. The fourth-order valence-corrected chi connectivity index (χ4v) is 3.25. The summed E-state index contributed by atoms with van der Waals surface area (Å²) in [7, 11) is 0. The third-order valence-electron chi connectivity index (χ3n) is 4.34. The predicted octanol–water partition coefficient (Wildman–Crippen LogP) is 2.88. The maximum Gasteiger partial charge on any atom is 0.111 e. The van der Waals surface area contributed by atoms with Crippen LogP contribution in [-0.2, 0) is 17.7 Å². The lowest BCUT2D eigenvalue weighted by molar-refractivity contribution is 0.0399. The zero-order chi connectivity index (χ0) is 14.8. The molecule has 4 heteroatoms. The smallest absolute Gasteiger partial charge is 0.111 e. The molecular weight excluding hydrogens is 262 g/mol. The minimum atomic E-state index is 0.0300. The van der Waals surface area contributed by atoms with Crippen molar-refractivity contribution in [1.29, 1.82) is 0 Å². The van der Waals surface area contributed by atoms with E-state index >= 15 is 0 Å². The van der Waals surface area contributed by atoms with Gasteiger partial charge in [-0.25, -0.2) is 4.98 Å². The van der Waals surface area contributed by atoms with Crippen LogP contribution in [0.3, 0.4) is 0 Å². The van der Waals surface area contributed by atoms with E-state index in [0.29, 0.717) is 6.10 Å². The number of para-hydroxylation sites is 2. The maximum atomic E-state index is 6.38. The molecule has 1 fully saturated rings. The molecule has 3 rings (SSSR count). The average Bonchev–Trinajstić information content (AvgIpc) is 3.04. The Hall–Kier alpha value is -1.39. The lowest BCUT2D eigenvalue weighted by Gasteiger charge is -2.19. The zero-order valence-corrected chi connectivity index (χ0v) is 13.0. The molecule has 0 bridgehead atoms. The number of hydrogen-bond donors (Lipinski definition) is 1. The minimum absolute atomic E-state index is 0.0300. The van der Waals surface area contributed by atoms with Crippen LogP contribution in [-0.4, -0.2) is 27.8 Å². The van der Waals surface area contributed by atoms with Crippen LogP contribution in [0.1, 0.15) is 38.9 Å². The molecule has 0 saturated carbocycles. The molecule has 1 aromatic heterocycles. The van der Waals surface area contributed by atoms with Gasteiger partial charge in [0.15, 0.2) is 0 Å². The highest BCUT2D eigenvalue weighted by Gasteiger charge is 2.28. The molecule has 1 aromatic carbocycles. The molecule has 0 spiro atoms. The van der Waals surface area contributed by atoms with Crippen molar-refractivity contribution >= 4 is 11.0 Å². The van der Waals surface area contributed by atoms with Crippen molar-refractivity contribution in [2.24, 2.45) is 5.73 Å². The Balaban J connectivity index is 1.84. The topological polar surface area (TPSA) is 53.1 Å². The Morgan fingerprint density at radius 2 is 2.19 bits per heavy atom. The standard InChI is InChI=1S/C17H25N3O/c1-3-10-20-15-7-5-4-6-14(15)19-17(20)11-13(18)16-9-8-12(2)21-16/h4-7,12-13,16H,3,8-11,18H2,1-2H3. The van der Waals surface area contributed by atoms with Crippen LogP contribution in [0.2, 0.25) is 0 Å². The molecule has 1 aliphatic rings. The summed E-state index contributed by atoms with van der Waals surface area (Å²) < 4.78 is 8.22. The van der Waals surface area contributed by atoms with E-state index in [1.165, 1.54) is 5.52 Å². The number of hydrogen-bond acceptors (Lipinski definition) is 3. The summed E-state index contributed by atoms with van der Waals surface area (Å²) in [6.45, 7) is 5.31. The van der Waals surface area contributed by atoms with Crippen molar-refractivity contribution in [2.45, 2.75) is 64.3 Å². The number of benzene rings is 1. The first-order valence-electron chi connectivity index (χ1n) is 8.04. The summed E-state index contributed by atoms with van der Waals surface area (Å²) in [5, 5.41) is 0. The Bertz CT molecular complexity index is 607. The summed E-state index contributed by atoms with van der Waals surface area (Å²) in [6.07, 6.45) is 4.58. The summed E-state index contributed by atoms with van der Waals surface area (Å²) in [4.78, 5) is 4.79. The highest BCUT2D eigenvalue weighted by molar-refractivity contribution is 5.75. The van der Waals surface area contributed by atoms with Gasteiger partial charge in [0.1, 0.15) is 5.82 Å². The average molecular weight is 287 g/mol. The van der Waals surface area contributed by atoms with Crippen molar-refractivity contribution in [1.82, 2.24) is 9.55 Å². The number of fused-ring (bicyclic) bond motifs is 1. The lowest BCUT2D eigenvalue weighted by atomic mass is 10.0. The van der Waals surface area contributed by atoms with Crippen molar-refractivity contribution in [3.05, 3.63) is 30.1 Å². The maximum absolute atomic E-state index is 6.38. The van der Waals surface area contributed by atoms with Crippen LogP contribution in [0, 0.1) is 0 Å². The van der Waals surface area contributed by atoms with Gasteiger partial charge >= 0.3 is 0 Å². The van der Waals surface area contributed by atoms with Gasteiger partial charge in [0.25, 0.3) is 0 Å². The molecule has 0 amide bonds. The second-order valence-electron chi connectivity index (χ2n) is 6.10. The first-order valence-corrected chi connectivity index (χ1v) is 8.04. The third-order valence-corrected chi connectivity index (χ3v) is 4.34. The highest BCUT2D eigenvalue weighted by Crippen LogP contribution is 2.24. The van der Waals surface area contributed by atoms with Gasteiger partial charge < -0.3 is 15.0 Å². The van der Waals surface area contributed by atoms with Crippen LogP contribution < -0.4 is 5.73 Å². The van der Waals surface area contributed by atoms with Crippen molar-refractivity contribution in [3.63, 3.8) is 0 Å². The van der Waals surface area contributed by atoms with E-state index in [4.69, 9.17) is 15.5 Å². The number of nitrogens with two attached hydrogens (primary N) is 1. The van der Waals surface area contributed by atoms with Gasteiger partial charge in [0, 0.05) is 19.0 Å². The Kier molecular flexibility index (Phi) is 4.27. The summed E-state index contributed by atoms with van der Waals surface area (Å²) in [5.74, 6) is 1.09. The largest absolute Gasteiger partial charge is 0.374 e. The van der Waals surface area contributed by atoms with Crippen molar-refractivity contribution < 1.29 is 4.74 Å². The second-order valence-corrected chi connectivity index (χ2v) is 6.10. The molecule has 3 unspecified atom stereocenters. The van der Waals surface area contributed by atoms with Crippen LogP contribution in [0.15, 0.2) is 24.3 Å². The van der Waals surface area contributed by atoms with E-state index in [1.54, 1.807) is 0 Å². The minimum Gasteiger partial charge on any atom is -0.374 e. The molecule has 2 aromatic rings. The molecule has 114 valence electrons.